The summed E-state index contributed by atoms with van der Waals surface area (Å²) in [5.41, 5.74) is 0. The van der Waals surface area contributed by atoms with Crippen LogP contribution >= 0.6 is 0 Å². The fourth-order valence-electron chi connectivity index (χ4n) is 2.07. The van der Waals surface area contributed by atoms with E-state index in [1.54, 1.807) is 7.05 Å². The first-order valence-electron chi connectivity index (χ1n) is 6.91. The SMILES string of the molecule is CC.CNC(=O)NCC1CCN(c2ccccn2)C1. The summed E-state index contributed by atoms with van der Waals surface area (Å²) in [6.45, 7) is 6.70. The molecule has 0 aromatic carbocycles. The summed E-state index contributed by atoms with van der Waals surface area (Å²) in [6.07, 6.45) is 2.91. The number of urea groups is 1. The monoisotopic (exact) mass is 264 g/mol. The van der Waals surface area contributed by atoms with E-state index in [4.69, 9.17) is 0 Å². The van der Waals surface area contributed by atoms with Crippen LogP contribution in [0, 0.1) is 5.92 Å². The van der Waals surface area contributed by atoms with E-state index >= 15 is 0 Å². The van der Waals surface area contributed by atoms with E-state index in [2.05, 4.69) is 20.5 Å². The van der Waals surface area contributed by atoms with Gasteiger partial charge >= 0.3 is 6.03 Å². The molecule has 2 rings (SSSR count). The van der Waals surface area contributed by atoms with Crippen LogP contribution in [0.4, 0.5) is 10.6 Å². The van der Waals surface area contributed by atoms with Crippen molar-refractivity contribution in [2.24, 2.45) is 5.92 Å². The molecule has 1 fully saturated rings. The molecule has 5 nitrogen and oxygen atoms in total. The van der Waals surface area contributed by atoms with Gasteiger partial charge in [-0.05, 0) is 24.5 Å². The lowest BCUT2D eigenvalue weighted by Gasteiger charge is -2.17. The zero-order valence-electron chi connectivity index (χ0n) is 12.0. The Kier molecular flexibility index (Phi) is 6.71. The minimum atomic E-state index is -0.110. The van der Waals surface area contributed by atoms with Crippen molar-refractivity contribution in [2.45, 2.75) is 20.3 Å². The van der Waals surface area contributed by atoms with Gasteiger partial charge in [-0.15, -0.1) is 0 Å². The van der Waals surface area contributed by atoms with Crippen LogP contribution in [0.1, 0.15) is 20.3 Å². The summed E-state index contributed by atoms with van der Waals surface area (Å²) >= 11 is 0. The fourth-order valence-corrected chi connectivity index (χ4v) is 2.07. The molecule has 1 aromatic rings. The molecule has 1 atom stereocenters. The number of nitrogens with zero attached hydrogens (tertiary/aromatic N) is 2. The van der Waals surface area contributed by atoms with Crippen LogP contribution in [0.15, 0.2) is 24.4 Å². The molecule has 0 spiro atoms. The van der Waals surface area contributed by atoms with Gasteiger partial charge in [0, 0.05) is 32.9 Å². The van der Waals surface area contributed by atoms with E-state index in [-0.39, 0.29) is 6.03 Å². The molecular formula is C14H24N4O. The van der Waals surface area contributed by atoms with Crippen molar-refractivity contribution in [3.05, 3.63) is 24.4 Å². The lowest BCUT2D eigenvalue weighted by Crippen LogP contribution is -2.36. The van der Waals surface area contributed by atoms with Gasteiger partial charge in [0.1, 0.15) is 5.82 Å². The van der Waals surface area contributed by atoms with Gasteiger partial charge in [-0.2, -0.15) is 0 Å². The molecule has 0 radical (unpaired) electrons. The zero-order chi connectivity index (χ0) is 14.1. The van der Waals surface area contributed by atoms with Gasteiger partial charge in [-0.25, -0.2) is 9.78 Å². The number of hydrogen-bond acceptors (Lipinski definition) is 3. The van der Waals surface area contributed by atoms with Gasteiger partial charge in [0.2, 0.25) is 0 Å². The van der Waals surface area contributed by atoms with Gasteiger partial charge in [-0.3, -0.25) is 0 Å². The largest absolute Gasteiger partial charge is 0.356 e. The molecule has 0 saturated carbocycles. The van der Waals surface area contributed by atoms with Crippen molar-refractivity contribution in [3.63, 3.8) is 0 Å². The fraction of sp³-hybridized carbons (Fsp3) is 0.571. The first-order chi connectivity index (χ1) is 9.29. The maximum Gasteiger partial charge on any atom is 0.314 e. The van der Waals surface area contributed by atoms with Crippen LogP contribution in [0.2, 0.25) is 0 Å². The molecule has 0 bridgehead atoms. The quantitative estimate of drug-likeness (QED) is 0.876. The predicted octanol–water partition coefficient (Wildman–Crippen LogP) is 1.86. The molecule has 19 heavy (non-hydrogen) atoms. The summed E-state index contributed by atoms with van der Waals surface area (Å²) < 4.78 is 0. The van der Waals surface area contributed by atoms with Crippen LogP contribution in [0.25, 0.3) is 0 Å². The third-order valence-corrected chi connectivity index (χ3v) is 3.04. The second-order valence-electron chi connectivity index (χ2n) is 4.25. The zero-order valence-corrected chi connectivity index (χ0v) is 12.0. The summed E-state index contributed by atoms with van der Waals surface area (Å²) in [5.74, 6) is 1.53. The van der Waals surface area contributed by atoms with Crippen LogP contribution < -0.4 is 15.5 Å². The number of pyridine rings is 1. The van der Waals surface area contributed by atoms with E-state index in [1.807, 2.05) is 38.2 Å². The number of aromatic nitrogens is 1. The molecule has 0 aliphatic carbocycles. The first kappa shape index (κ1) is 15.3. The average Bonchev–Trinajstić information content (AvgIpc) is 2.96. The predicted molar refractivity (Wildman–Crippen MR) is 78.4 cm³/mol. The van der Waals surface area contributed by atoms with E-state index in [1.165, 1.54) is 0 Å². The molecule has 5 heteroatoms. The number of carbonyl (C=O) groups is 1. The Morgan fingerprint density at radius 3 is 2.89 bits per heavy atom. The number of carbonyl (C=O) groups excluding carboxylic acids is 1. The lowest BCUT2D eigenvalue weighted by atomic mass is 10.1. The van der Waals surface area contributed by atoms with Crippen molar-refractivity contribution < 1.29 is 4.79 Å². The number of anilines is 1. The highest BCUT2D eigenvalue weighted by atomic mass is 16.2. The van der Waals surface area contributed by atoms with Gasteiger partial charge in [0.05, 0.1) is 0 Å². The Bertz CT molecular complexity index is 369. The van der Waals surface area contributed by atoms with E-state index < -0.39 is 0 Å². The summed E-state index contributed by atoms with van der Waals surface area (Å²) in [5, 5.41) is 5.40. The standard InChI is InChI=1S/C12H18N4O.C2H6/c1-13-12(17)15-8-10-5-7-16(9-10)11-4-2-3-6-14-11;1-2/h2-4,6,10H,5,7-9H2,1H3,(H2,13,15,17);1-2H3. The maximum atomic E-state index is 11.1. The lowest BCUT2D eigenvalue weighted by molar-refractivity contribution is 0.241. The Morgan fingerprint density at radius 2 is 2.26 bits per heavy atom. The second kappa shape index (κ2) is 8.34. The molecular weight excluding hydrogens is 240 g/mol. The van der Waals surface area contributed by atoms with Crippen molar-refractivity contribution in [1.82, 2.24) is 15.6 Å². The van der Waals surface area contributed by atoms with Crippen molar-refractivity contribution >= 4 is 11.8 Å². The first-order valence-corrected chi connectivity index (χ1v) is 6.91. The highest BCUT2D eigenvalue weighted by Gasteiger charge is 2.23. The van der Waals surface area contributed by atoms with E-state index in [0.29, 0.717) is 5.92 Å². The van der Waals surface area contributed by atoms with Crippen LogP contribution in [0.3, 0.4) is 0 Å². The van der Waals surface area contributed by atoms with Crippen LogP contribution in [0.5, 0.6) is 0 Å². The van der Waals surface area contributed by atoms with Gasteiger partial charge in [0.25, 0.3) is 0 Å². The third kappa shape index (κ3) is 4.77. The van der Waals surface area contributed by atoms with Crippen molar-refractivity contribution in [2.75, 3.05) is 31.6 Å². The van der Waals surface area contributed by atoms with Crippen molar-refractivity contribution in [1.29, 1.82) is 0 Å². The summed E-state index contributed by atoms with van der Waals surface area (Å²) in [6, 6.07) is 5.83. The molecule has 2 heterocycles. The molecule has 2 amide bonds. The molecule has 106 valence electrons. The Balaban J connectivity index is 0.000000861. The van der Waals surface area contributed by atoms with Crippen molar-refractivity contribution in [3.8, 4) is 0 Å². The summed E-state index contributed by atoms with van der Waals surface area (Å²) in [4.78, 5) is 17.7. The minimum absolute atomic E-state index is 0.110. The topological polar surface area (TPSA) is 57.3 Å². The molecule has 1 unspecified atom stereocenters. The highest BCUT2D eigenvalue weighted by molar-refractivity contribution is 5.73. The van der Waals surface area contributed by atoms with E-state index in [0.717, 1.165) is 31.9 Å². The minimum Gasteiger partial charge on any atom is -0.356 e. The van der Waals surface area contributed by atoms with Crippen LogP contribution in [-0.2, 0) is 0 Å². The van der Waals surface area contributed by atoms with Gasteiger partial charge in [0.15, 0.2) is 0 Å². The van der Waals surface area contributed by atoms with E-state index in [9.17, 15) is 4.79 Å². The number of hydrogen-bond donors (Lipinski definition) is 2. The number of amides is 2. The van der Waals surface area contributed by atoms with Crippen LogP contribution in [-0.4, -0.2) is 37.7 Å². The highest BCUT2D eigenvalue weighted by Crippen LogP contribution is 2.20. The molecule has 1 aromatic heterocycles. The average molecular weight is 264 g/mol. The maximum absolute atomic E-state index is 11.1. The Hall–Kier alpha value is -1.78. The molecule has 1 aliphatic heterocycles. The van der Waals surface area contributed by atoms with Gasteiger partial charge < -0.3 is 15.5 Å². The normalized spacial score (nSPS) is 17.4. The Labute approximate surface area is 115 Å². The smallest absolute Gasteiger partial charge is 0.314 e. The third-order valence-electron chi connectivity index (χ3n) is 3.04. The molecule has 1 aliphatic rings. The Morgan fingerprint density at radius 1 is 1.47 bits per heavy atom. The number of rotatable bonds is 3. The van der Waals surface area contributed by atoms with Gasteiger partial charge in [-0.1, -0.05) is 19.9 Å². The number of nitrogens with one attached hydrogen (secondary N) is 2. The second-order valence-corrected chi connectivity index (χ2v) is 4.25. The summed E-state index contributed by atoms with van der Waals surface area (Å²) in [7, 11) is 1.63. The molecule has 1 saturated heterocycles. The molecule has 2 N–H and O–H groups in total.